The summed E-state index contributed by atoms with van der Waals surface area (Å²) >= 11 is 0. The minimum atomic E-state index is -3.15. The van der Waals surface area contributed by atoms with E-state index in [4.69, 9.17) is 0 Å². The molecule has 1 aliphatic heterocycles. The Morgan fingerprint density at radius 3 is 2.30 bits per heavy atom. The third-order valence-electron chi connectivity index (χ3n) is 6.13. The third-order valence-corrected chi connectivity index (χ3v) is 7.44. The van der Waals surface area contributed by atoms with Gasteiger partial charge in [0.2, 0.25) is 15.9 Å². The second-order valence-electron chi connectivity index (χ2n) is 8.40. The first-order chi connectivity index (χ1) is 14.3. The second-order valence-corrected chi connectivity index (χ2v) is 10.4. The minimum absolute atomic E-state index is 0.139. The summed E-state index contributed by atoms with van der Waals surface area (Å²) in [5.41, 5.74) is 0.131. The van der Waals surface area contributed by atoms with Crippen LogP contribution in [0.5, 0.6) is 0 Å². The monoisotopic (exact) mass is 436 g/mol. The van der Waals surface area contributed by atoms with Gasteiger partial charge in [0.15, 0.2) is 0 Å². The van der Waals surface area contributed by atoms with E-state index in [2.05, 4.69) is 16.0 Å². The van der Waals surface area contributed by atoms with Gasteiger partial charge in [0.25, 0.3) is 0 Å². The first-order valence-corrected chi connectivity index (χ1v) is 12.5. The molecule has 1 aromatic rings. The van der Waals surface area contributed by atoms with Crippen LogP contribution in [0.4, 0.5) is 4.79 Å². The molecule has 0 unspecified atom stereocenters. The zero-order valence-electron chi connectivity index (χ0n) is 17.5. The van der Waals surface area contributed by atoms with Crippen molar-refractivity contribution in [3.05, 3.63) is 35.9 Å². The average Bonchev–Trinajstić information content (AvgIpc) is 3.20. The number of piperidine rings is 1. The van der Waals surface area contributed by atoms with Crippen LogP contribution in [0.2, 0.25) is 0 Å². The van der Waals surface area contributed by atoms with Crippen LogP contribution in [0.25, 0.3) is 0 Å². The second kappa shape index (κ2) is 9.78. The lowest BCUT2D eigenvalue weighted by Gasteiger charge is -2.32. The fourth-order valence-electron chi connectivity index (χ4n) is 4.28. The molecule has 166 valence electrons. The van der Waals surface area contributed by atoms with Crippen LogP contribution >= 0.6 is 0 Å². The number of sulfonamides is 1. The normalized spacial score (nSPS) is 19.9. The number of hydrogen-bond donors (Lipinski definition) is 3. The number of nitrogens with one attached hydrogen (secondary N) is 3. The quantitative estimate of drug-likeness (QED) is 0.603. The first kappa shape index (κ1) is 22.6. The van der Waals surface area contributed by atoms with Gasteiger partial charge in [0.05, 0.1) is 6.26 Å². The van der Waals surface area contributed by atoms with Crippen LogP contribution in [-0.2, 0) is 21.4 Å². The zero-order chi connectivity index (χ0) is 21.6. The first-order valence-electron chi connectivity index (χ1n) is 10.6. The highest BCUT2D eigenvalue weighted by Gasteiger charge is 2.42. The van der Waals surface area contributed by atoms with Crippen LogP contribution in [-0.4, -0.2) is 56.1 Å². The van der Waals surface area contributed by atoms with E-state index in [1.165, 1.54) is 10.6 Å². The van der Waals surface area contributed by atoms with Crippen LogP contribution in [0.15, 0.2) is 30.3 Å². The highest BCUT2D eigenvalue weighted by molar-refractivity contribution is 7.88. The number of amides is 3. The van der Waals surface area contributed by atoms with Gasteiger partial charge in [0.1, 0.15) is 5.54 Å². The van der Waals surface area contributed by atoms with Crippen molar-refractivity contribution >= 4 is 22.0 Å². The Kier molecular flexibility index (Phi) is 7.36. The Morgan fingerprint density at radius 2 is 1.70 bits per heavy atom. The number of urea groups is 1. The van der Waals surface area contributed by atoms with Gasteiger partial charge in [-0.05, 0) is 37.2 Å². The molecule has 3 N–H and O–H groups in total. The third kappa shape index (κ3) is 5.95. The van der Waals surface area contributed by atoms with E-state index in [0.717, 1.165) is 31.2 Å². The summed E-state index contributed by atoms with van der Waals surface area (Å²) in [6.07, 6.45) is 5.75. The molecule has 1 saturated carbocycles. The van der Waals surface area contributed by atoms with Crippen molar-refractivity contribution in [2.24, 2.45) is 5.92 Å². The molecule has 3 rings (SSSR count). The molecule has 0 aromatic heterocycles. The Hall–Kier alpha value is -2.13. The highest BCUT2D eigenvalue weighted by atomic mass is 32.2. The topological polar surface area (TPSA) is 108 Å². The van der Waals surface area contributed by atoms with Crippen molar-refractivity contribution in [1.29, 1.82) is 0 Å². The molecule has 0 atom stereocenters. The van der Waals surface area contributed by atoms with Gasteiger partial charge < -0.3 is 16.0 Å². The lowest BCUT2D eigenvalue weighted by atomic mass is 9.94. The van der Waals surface area contributed by atoms with E-state index in [-0.39, 0.29) is 17.9 Å². The summed E-state index contributed by atoms with van der Waals surface area (Å²) in [5, 5.41) is 8.78. The Morgan fingerprint density at radius 1 is 1.07 bits per heavy atom. The van der Waals surface area contributed by atoms with Crippen LogP contribution < -0.4 is 16.0 Å². The average molecular weight is 437 g/mol. The number of rotatable bonds is 7. The molecule has 1 aromatic carbocycles. The van der Waals surface area contributed by atoms with Gasteiger partial charge in [-0.2, -0.15) is 0 Å². The number of nitrogens with zero attached hydrogens (tertiary/aromatic N) is 1. The molecule has 0 spiro atoms. The van der Waals surface area contributed by atoms with Crippen molar-refractivity contribution in [2.75, 3.05) is 25.9 Å². The van der Waals surface area contributed by atoms with E-state index in [1.54, 1.807) is 0 Å². The van der Waals surface area contributed by atoms with Crippen molar-refractivity contribution in [1.82, 2.24) is 20.3 Å². The van der Waals surface area contributed by atoms with Gasteiger partial charge in [0, 0.05) is 26.2 Å². The van der Waals surface area contributed by atoms with Gasteiger partial charge in [-0.1, -0.05) is 43.2 Å². The Bertz CT molecular complexity index is 830. The zero-order valence-corrected chi connectivity index (χ0v) is 18.3. The van der Waals surface area contributed by atoms with Gasteiger partial charge in [-0.3, -0.25) is 4.79 Å². The lowest BCUT2D eigenvalue weighted by Crippen LogP contribution is -2.59. The fourth-order valence-corrected chi connectivity index (χ4v) is 5.15. The highest BCUT2D eigenvalue weighted by Crippen LogP contribution is 2.30. The van der Waals surface area contributed by atoms with E-state index in [1.807, 2.05) is 30.3 Å². The predicted molar refractivity (Wildman–Crippen MR) is 115 cm³/mol. The smallest absolute Gasteiger partial charge is 0.315 e. The van der Waals surface area contributed by atoms with Gasteiger partial charge in [-0.15, -0.1) is 0 Å². The van der Waals surface area contributed by atoms with Crippen LogP contribution in [0.3, 0.4) is 0 Å². The molecule has 1 heterocycles. The SMILES string of the molecule is CS(=O)(=O)N1CCC(CNC(=O)C2(NC(=O)NCc3ccccc3)CCCC2)CC1. The van der Waals surface area contributed by atoms with Crippen molar-refractivity contribution in [3.63, 3.8) is 0 Å². The fraction of sp³-hybridized carbons (Fsp3) is 0.619. The molecule has 1 saturated heterocycles. The van der Waals surface area contributed by atoms with E-state index in [9.17, 15) is 18.0 Å². The molecule has 1 aliphatic carbocycles. The van der Waals surface area contributed by atoms with Gasteiger partial charge >= 0.3 is 6.03 Å². The summed E-state index contributed by atoms with van der Waals surface area (Å²) < 4.78 is 24.8. The molecular weight excluding hydrogens is 404 g/mol. The maximum absolute atomic E-state index is 13.0. The largest absolute Gasteiger partial charge is 0.354 e. The summed E-state index contributed by atoms with van der Waals surface area (Å²) in [7, 11) is -3.15. The Labute approximate surface area is 178 Å². The summed E-state index contributed by atoms with van der Waals surface area (Å²) in [6.45, 7) is 1.89. The van der Waals surface area contributed by atoms with E-state index >= 15 is 0 Å². The van der Waals surface area contributed by atoms with Crippen LogP contribution in [0.1, 0.15) is 44.1 Å². The molecule has 9 heteroatoms. The van der Waals surface area contributed by atoms with Crippen molar-refractivity contribution in [3.8, 4) is 0 Å². The van der Waals surface area contributed by atoms with Crippen molar-refractivity contribution in [2.45, 2.75) is 50.6 Å². The standard InChI is InChI=1S/C21H32N4O4S/c1-30(28,29)25-13-9-18(10-14-25)15-22-19(26)21(11-5-6-12-21)24-20(27)23-16-17-7-3-2-4-8-17/h2-4,7-8,18H,5-6,9-16H2,1H3,(H,22,26)(H2,23,24,27). The molecule has 0 bridgehead atoms. The van der Waals surface area contributed by atoms with Crippen molar-refractivity contribution < 1.29 is 18.0 Å². The molecule has 2 aliphatic rings. The summed E-state index contributed by atoms with van der Waals surface area (Å²) in [6, 6.07) is 9.30. The number of benzene rings is 1. The molecule has 30 heavy (non-hydrogen) atoms. The minimum Gasteiger partial charge on any atom is -0.354 e. The lowest BCUT2D eigenvalue weighted by molar-refractivity contribution is -0.127. The number of hydrogen-bond acceptors (Lipinski definition) is 4. The van der Waals surface area contributed by atoms with Crippen LogP contribution in [0, 0.1) is 5.92 Å². The van der Waals surface area contributed by atoms with E-state index < -0.39 is 15.6 Å². The summed E-state index contributed by atoms with van der Waals surface area (Å²) in [4.78, 5) is 25.4. The summed E-state index contributed by atoms with van der Waals surface area (Å²) in [5.74, 6) is 0.109. The maximum Gasteiger partial charge on any atom is 0.315 e. The van der Waals surface area contributed by atoms with Gasteiger partial charge in [-0.25, -0.2) is 17.5 Å². The molecule has 3 amide bonds. The Balaban J connectivity index is 1.48. The molecule has 2 fully saturated rings. The number of carbonyl (C=O) groups excluding carboxylic acids is 2. The predicted octanol–water partition coefficient (Wildman–Crippen LogP) is 1.59. The number of carbonyl (C=O) groups is 2. The maximum atomic E-state index is 13.0. The molecular formula is C21H32N4O4S. The molecule has 8 nitrogen and oxygen atoms in total. The van der Waals surface area contributed by atoms with E-state index in [0.29, 0.717) is 39.0 Å². The molecule has 0 radical (unpaired) electrons.